The van der Waals surface area contributed by atoms with Crippen LogP contribution in [-0.2, 0) is 4.79 Å². The first-order chi connectivity index (χ1) is 9.49. The summed E-state index contributed by atoms with van der Waals surface area (Å²) >= 11 is 3.36. The number of rotatable bonds is 8. The average molecular weight is 345 g/mol. The SMILES string of the molecule is CN(C)CCC(=O)NCC(O)COc1ccccc1Br. The molecule has 112 valence electrons. The van der Waals surface area contributed by atoms with Gasteiger partial charge >= 0.3 is 0 Å². The number of benzene rings is 1. The molecule has 1 rings (SSSR count). The van der Waals surface area contributed by atoms with Gasteiger partial charge in [0, 0.05) is 19.5 Å². The number of ether oxygens (including phenoxy) is 1. The van der Waals surface area contributed by atoms with Gasteiger partial charge in [0.25, 0.3) is 0 Å². The van der Waals surface area contributed by atoms with Crippen LogP contribution in [0.3, 0.4) is 0 Å². The van der Waals surface area contributed by atoms with Crippen LogP contribution in [0.2, 0.25) is 0 Å². The molecule has 0 aliphatic carbocycles. The maximum atomic E-state index is 11.5. The number of para-hydroxylation sites is 1. The molecule has 0 radical (unpaired) electrons. The third kappa shape index (κ3) is 6.88. The smallest absolute Gasteiger partial charge is 0.221 e. The van der Waals surface area contributed by atoms with Crippen molar-refractivity contribution in [3.05, 3.63) is 28.7 Å². The van der Waals surface area contributed by atoms with Crippen molar-refractivity contribution < 1.29 is 14.6 Å². The molecule has 1 aromatic rings. The number of hydrogen-bond acceptors (Lipinski definition) is 4. The van der Waals surface area contributed by atoms with Gasteiger partial charge in [-0.05, 0) is 42.2 Å². The molecule has 0 heterocycles. The lowest BCUT2D eigenvalue weighted by atomic mass is 10.3. The van der Waals surface area contributed by atoms with Gasteiger partial charge in [0.1, 0.15) is 18.5 Å². The number of aliphatic hydroxyl groups excluding tert-OH is 1. The Balaban J connectivity index is 2.22. The molecule has 0 spiro atoms. The first-order valence-corrected chi connectivity index (χ1v) is 7.25. The second kappa shape index (κ2) is 8.94. The van der Waals surface area contributed by atoms with E-state index in [0.29, 0.717) is 18.7 Å². The molecule has 0 aromatic heterocycles. The zero-order valence-corrected chi connectivity index (χ0v) is 13.4. The highest BCUT2D eigenvalue weighted by Crippen LogP contribution is 2.23. The van der Waals surface area contributed by atoms with Crippen molar-refractivity contribution in [1.29, 1.82) is 0 Å². The van der Waals surface area contributed by atoms with E-state index in [0.717, 1.165) is 4.47 Å². The summed E-state index contributed by atoms with van der Waals surface area (Å²) in [5, 5.41) is 12.4. The first kappa shape index (κ1) is 16.9. The van der Waals surface area contributed by atoms with E-state index in [9.17, 15) is 9.90 Å². The molecule has 6 heteroatoms. The summed E-state index contributed by atoms with van der Waals surface area (Å²) in [5.41, 5.74) is 0. The minimum absolute atomic E-state index is 0.0707. The number of nitrogens with zero attached hydrogens (tertiary/aromatic N) is 1. The van der Waals surface area contributed by atoms with Crippen molar-refractivity contribution in [2.45, 2.75) is 12.5 Å². The maximum absolute atomic E-state index is 11.5. The van der Waals surface area contributed by atoms with Crippen LogP contribution in [0, 0.1) is 0 Å². The minimum atomic E-state index is -0.731. The third-order valence-corrected chi connectivity index (χ3v) is 3.24. The van der Waals surface area contributed by atoms with Crippen LogP contribution in [-0.4, -0.2) is 55.8 Å². The lowest BCUT2D eigenvalue weighted by molar-refractivity contribution is -0.121. The summed E-state index contributed by atoms with van der Waals surface area (Å²) in [4.78, 5) is 13.4. The van der Waals surface area contributed by atoms with E-state index in [4.69, 9.17) is 4.74 Å². The van der Waals surface area contributed by atoms with E-state index in [1.54, 1.807) is 0 Å². The van der Waals surface area contributed by atoms with E-state index in [2.05, 4.69) is 21.2 Å². The second-order valence-corrected chi connectivity index (χ2v) is 5.61. The molecular formula is C14H21BrN2O3. The van der Waals surface area contributed by atoms with Gasteiger partial charge in [0.05, 0.1) is 4.47 Å². The standard InChI is InChI=1S/C14H21BrN2O3/c1-17(2)8-7-14(19)16-9-11(18)10-20-13-6-4-3-5-12(13)15/h3-6,11,18H,7-10H2,1-2H3,(H,16,19). The van der Waals surface area contributed by atoms with Crippen LogP contribution in [0.4, 0.5) is 0 Å². The zero-order chi connectivity index (χ0) is 15.0. The number of aliphatic hydroxyl groups is 1. The minimum Gasteiger partial charge on any atom is -0.490 e. The molecule has 0 aliphatic rings. The molecule has 0 bridgehead atoms. The van der Waals surface area contributed by atoms with Gasteiger partial charge in [-0.2, -0.15) is 0 Å². The summed E-state index contributed by atoms with van der Waals surface area (Å²) in [6.45, 7) is 1.02. The van der Waals surface area contributed by atoms with Crippen molar-refractivity contribution in [2.75, 3.05) is 33.8 Å². The molecule has 1 atom stereocenters. The Morgan fingerprint density at radius 1 is 1.45 bits per heavy atom. The van der Waals surface area contributed by atoms with Gasteiger partial charge in [0.2, 0.25) is 5.91 Å². The number of nitrogens with one attached hydrogen (secondary N) is 1. The molecule has 5 nitrogen and oxygen atoms in total. The monoisotopic (exact) mass is 344 g/mol. The predicted molar refractivity (Wildman–Crippen MR) is 81.8 cm³/mol. The molecule has 1 aromatic carbocycles. The van der Waals surface area contributed by atoms with Crippen molar-refractivity contribution in [1.82, 2.24) is 10.2 Å². The highest BCUT2D eigenvalue weighted by molar-refractivity contribution is 9.10. The molecule has 1 unspecified atom stereocenters. The van der Waals surface area contributed by atoms with E-state index in [1.165, 1.54) is 0 Å². The Morgan fingerprint density at radius 3 is 2.80 bits per heavy atom. The zero-order valence-electron chi connectivity index (χ0n) is 11.8. The van der Waals surface area contributed by atoms with Gasteiger partial charge < -0.3 is 20.1 Å². The fourth-order valence-corrected chi connectivity index (χ4v) is 1.85. The first-order valence-electron chi connectivity index (χ1n) is 6.46. The van der Waals surface area contributed by atoms with Crippen molar-refractivity contribution in [2.24, 2.45) is 0 Å². The maximum Gasteiger partial charge on any atom is 0.221 e. The largest absolute Gasteiger partial charge is 0.490 e. The number of amides is 1. The Kier molecular flexibility index (Phi) is 7.58. The molecule has 1 amide bonds. The Hall–Kier alpha value is -1.11. The molecule has 20 heavy (non-hydrogen) atoms. The summed E-state index contributed by atoms with van der Waals surface area (Å²) < 4.78 is 6.31. The Morgan fingerprint density at radius 2 is 2.15 bits per heavy atom. The van der Waals surface area contributed by atoms with Crippen molar-refractivity contribution in [3.8, 4) is 5.75 Å². The Bertz CT molecular complexity index is 427. The van der Waals surface area contributed by atoms with E-state index >= 15 is 0 Å². The highest BCUT2D eigenvalue weighted by atomic mass is 79.9. The molecule has 0 saturated carbocycles. The van der Waals surface area contributed by atoms with E-state index in [-0.39, 0.29) is 19.1 Å². The van der Waals surface area contributed by atoms with Crippen LogP contribution in [0.15, 0.2) is 28.7 Å². The molecule has 0 fully saturated rings. The summed E-state index contributed by atoms with van der Waals surface area (Å²) in [6, 6.07) is 7.42. The summed E-state index contributed by atoms with van der Waals surface area (Å²) in [7, 11) is 3.82. The lowest BCUT2D eigenvalue weighted by Crippen LogP contribution is -2.36. The van der Waals surface area contributed by atoms with Gasteiger partial charge in [-0.3, -0.25) is 4.79 Å². The average Bonchev–Trinajstić information content (AvgIpc) is 2.42. The summed E-state index contributed by atoms with van der Waals surface area (Å²) in [5.74, 6) is 0.601. The van der Waals surface area contributed by atoms with Crippen LogP contribution in [0.25, 0.3) is 0 Å². The van der Waals surface area contributed by atoms with Crippen molar-refractivity contribution >= 4 is 21.8 Å². The number of carbonyl (C=O) groups excluding carboxylic acids is 1. The highest BCUT2D eigenvalue weighted by Gasteiger charge is 2.09. The quantitative estimate of drug-likeness (QED) is 0.745. The lowest BCUT2D eigenvalue weighted by Gasteiger charge is -2.14. The molecular weight excluding hydrogens is 324 g/mol. The fourth-order valence-electron chi connectivity index (χ4n) is 1.45. The third-order valence-electron chi connectivity index (χ3n) is 2.59. The second-order valence-electron chi connectivity index (χ2n) is 4.75. The van der Waals surface area contributed by atoms with Gasteiger partial charge in [-0.1, -0.05) is 12.1 Å². The number of hydrogen-bond donors (Lipinski definition) is 2. The number of carbonyl (C=O) groups is 1. The van der Waals surface area contributed by atoms with Gasteiger partial charge in [-0.25, -0.2) is 0 Å². The molecule has 0 saturated heterocycles. The van der Waals surface area contributed by atoms with Crippen LogP contribution < -0.4 is 10.1 Å². The fraction of sp³-hybridized carbons (Fsp3) is 0.500. The van der Waals surface area contributed by atoms with Crippen LogP contribution in [0.1, 0.15) is 6.42 Å². The number of halogens is 1. The molecule has 0 aliphatic heterocycles. The predicted octanol–water partition coefficient (Wildman–Crippen LogP) is 1.26. The topological polar surface area (TPSA) is 61.8 Å². The summed E-state index contributed by atoms with van der Waals surface area (Å²) in [6.07, 6.45) is -0.310. The van der Waals surface area contributed by atoms with Crippen LogP contribution >= 0.6 is 15.9 Å². The van der Waals surface area contributed by atoms with Crippen molar-refractivity contribution in [3.63, 3.8) is 0 Å². The van der Waals surface area contributed by atoms with E-state index < -0.39 is 6.10 Å². The molecule has 2 N–H and O–H groups in total. The Labute approximate surface area is 128 Å². The van der Waals surface area contributed by atoms with Gasteiger partial charge in [-0.15, -0.1) is 0 Å². The van der Waals surface area contributed by atoms with Crippen LogP contribution in [0.5, 0.6) is 5.75 Å². The van der Waals surface area contributed by atoms with Gasteiger partial charge in [0.15, 0.2) is 0 Å². The van der Waals surface area contributed by atoms with E-state index in [1.807, 2.05) is 43.3 Å². The normalized spacial score (nSPS) is 12.2.